The second kappa shape index (κ2) is 7.14. The van der Waals surface area contributed by atoms with Crippen LogP contribution in [0.3, 0.4) is 0 Å². The van der Waals surface area contributed by atoms with E-state index in [0.29, 0.717) is 21.4 Å². The molecule has 0 fully saturated rings. The summed E-state index contributed by atoms with van der Waals surface area (Å²) in [6, 6.07) is 12.5. The fraction of sp³-hybridized carbons (Fsp3) is 0.250. The van der Waals surface area contributed by atoms with Crippen LogP contribution in [-0.4, -0.2) is 18.8 Å². The Hall–Kier alpha value is -1.26. The van der Waals surface area contributed by atoms with Gasteiger partial charge in [0.15, 0.2) is 0 Å². The third-order valence-corrected chi connectivity index (χ3v) is 3.84. The highest BCUT2D eigenvalue weighted by Gasteiger charge is 2.24. The van der Waals surface area contributed by atoms with Gasteiger partial charge in [-0.2, -0.15) is 0 Å². The van der Waals surface area contributed by atoms with Gasteiger partial charge in [-0.15, -0.1) is 0 Å². The van der Waals surface area contributed by atoms with Crippen LogP contribution in [0.25, 0.3) is 0 Å². The van der Waals surface area contributed by atoms with Crippen LogP contribution >= 0.6 is 23.2 Å². The Labute approximate surface area is 134 Å². The van der Waals surface area contributed by atoms with Crippen LogP contribution < -0.4 is 10.5 Å². The summed E-state index contributed by atoms with van der Waals surface area (Å²) < 4.78 is 5.34. The Morgan fingerprint density at radius 3 is 2.33 bits per heavy atom. The van der Waals surface area contributed by atoms with E-state index in [1.54, 1.807) is 25.3 Å². The Morgan fingerprint density at radius 1 is 1.14 bits per heavy atom. The number of hydrogen-bond donors (Lipinski definition) is 2. The zero-order valence-corrected chi connectivity index (χ0v) is 13.1. The first kappa shape index (κ1) is 16.1. The van der Waals surface area contributed by atoms with Gasteiger partial charge in [-0.1, -0.05) is 41.4 Å². The number of rotatable bonds is 5. The number of para-hydroxylation sites is 1. The van der Waals surface area contributed by atoms with Gasteiger partial charge in [0.1, 0.15) is 5.75 Å². The average Bonchev–Trinajstić information content (AvgIpc) is 2.47. The molecule has 2 unspecified atom stereocenters. The summed E-state index contributed by atoms with van der Waals surface area (Å²) >= 11 is 12.0. The van der Waals surface area contributed by atoms with Crippen LogP contribution in [0.15, 0.2) is 42.5 Å². The number of ether oxygens (including phenoxy) is 1. The minimum Gasteiger partial charge on any atom is -0.496 e. The molecule has 21 heavy (non-hydrogen) atoms. The number of hydrogen-bond acceptors (Lipinski definition) is 3. The Bertz CT molecular complexity index is 599. The summed E-state index contributed by atoms with van der Waals surface area (Å²) in [5.41, 5.74) is 7.35. The maximum atomic E-state index is 10.6. The Morgan fingerprint density at radius 2 is 1.76 bits per heavy atom. The number of aliphatic hydroxyl groups excluding tert-OH is 1. The standard InChI is InChI=1S/C16H17Cl2NO2/c1-21-15-5-3-2-4-13(15)14(9-19)16(20)10-6-11(17)8-12(18)7-10/h2-8,14,16,20H,9,19H2,1H3. The van der Waals surface area contributed by atoms with Crippen LogP contribution in [0.1, 0.15) is 23.1 Å². The minimum absolute atomic E-state index is 0.270. The number of methoxy groups -OCH3 is 1. The second-order valence-corrected chi connectivity index (χ2v) is 5.60. The van der Waals surface area contributed by atoms with Gasteiger partial charge in [-0.3, -0.25) is 0 Å². The van der Waals surface area contributed by atoms with Crippen molar-refractivity contribution in [1.29, 1.82) is 0 Å². The normalized spacial score (nSPS) is 13.8. The maximum Gasteiger partial charge on any atom is 0.122 e. The molecule has 0 radical (unpaired) electrons. The molecule has 0 aliphatic rings. The number of aliphatic hydroxyl groups is 1. The first-order chi connectivity index (χ1) is 10.1. The zero-order chi connectivity index (χ0) is 15.4. The molecule has 0 saturated carbocycles. The van der Waals surface area contributed by atoms with Crippen molar-refractivity contribution in [2.75, 3.05) is 13.7 Å². The quantitative estimate of drug-likeness (QED) is 0.879. The molecule has 112 valence electrons. The predicted molar refractivity (Wildman–Crippen MR) is 86.2 cm³/mol. The van der Waals surface area contributed by atoms with Crippen LogP contribution in [0.4, 0.5) is 0 Å². The molecule has 0 heterocycles. The third-order valence-electron chi connectivity index (χ3n) is 3.40. The SMILES string of the molecule is COc1ccccc1C(CN)C(O)c1cc(Cl)cc(Cl)c1. The monoisotopic (exact) mass is 325 g/mol. The first-order valence-corrected chi connectivity index (χ1v) is 7.29. The fourth-order valence-corrected chi connectivity index (χ4v) is 2.92. The molecule has 2 aromatic rings. The lowest BCUT2D eigenvalue weighted by molar-refractivity contribution is 0.146. The lowest BCUT2D eigenvalue weighted by Crippen LogP contribution is -2.20. The van der Waals surface area contributed by atoms with E-state index in [-0.39, 0.29) is 12.5 Å². The molecular weight excluding hydrogens is 309 g/mol. The van der Waals surface area contributed by atoms with Crippen LogP contribution in [0.5, 0.6) is 5.75 Å². The lowest BCUT2D eigenvalue weighted by Gasteiger charge is -2.24. The molecule has 0 bridgehead atoms. The van der Waals surface area contributed by atoms with Crippen molar-refractivity contribution in [2.24, 2.45) is 5.73 Å². The van der Waals surface area contributed by atoms with E-state index >= 15 is 0 Å². The summed E-state index contributed by atoms with van der Waals surface area (Å²) in [7, 11) is 1.59. The highest BCUT2D eigenvalue weighted by Crippen LogP contribution is 2.36. The van der Waals surface area contributed by atoms with Gasteiger partial charge in [0.25, 0.3) is 0 Å². The molecule has 0 aliphatic heterocycles. The zero-order valence-electron chi connectivity index (χ0n) is 11.6. The van der Waals surface area contributed by atoms with Crippen molar-refractivity contribution in [3.8, 4) is 5.75 Å². The lowest BCUT2D eigenvalue weighted by atomic mass is 9.88. The van der Waals surface area contributed by atoms with Crippen molar-refractivity contribution in [1.82, 2.24) is 0 Å². The molecule has 2 atom stereocenters. The molecule has 2 rings (SSSR count). The third kappa shape index (κ3) is 3.69. The number of benzene rings is 2. The number of halogens is 2. The van der Waals surface area contributed by atoms with Crippen molar-refractivity contribution >= 4 is 23.2 Å². The van der Waals surface area contributed by atoms with Gasteiger partial charge in [-0.05, 0) is 29.8 Å². The summed E-state index contributed by atoms with van der Waals surface area (Å²) in [5.74, 6) is 0.385. The van der Waals surface area contributed by atoms with Gasteiger partial charge in [-0.25, -0.2) is 0 Å². The molecule has 0 aliphatic carbocycles. The van der Waals surface area contributed by atoms with E-state index in [0.717, 1.165) is 5.56 Å². The molecule has 0 spiro atoms. The van der Waals surface area contributed by atoms with E-state index < -0.39 is 6.10 Å². The largest absolute Gasteiger partial charge is 0.496 e. The van der Waals surface area contributed by atoms with Gasteiger partial charge in [0.05, 0.1) is 13.2 Å². The molecule has 0 saturated heterocycles. The van der Waals surface area contributed by atoms with Gasteiger partial charge >= 0.3 is 0 Å². The van der Waals surface area contributed by atoms with E-state index in [2.05, 4.69) is 0 Å². The van der Waals surface area contributed by atoms with Crippen molar-refractivity contribution in [2.45, 2.75) is 12.0 Å². The van der Waals surface area contributed by atoms with Crippen LogP contribution in [0, 0.1) is 0 Å². The van der Waals surface area contributed by atoms with Gasteiger partial charge < -0.3 is 15.6 Å². The van der Waals surface area contributed by atoms with Gasteiger partial charge in [0.2, 0.25) is 0 Å². The molecule has 2 aromatic carbocycles. The van der Waals surface area contributed by atoms with Crippen molar-refractivity contribution < 1.29 is 9.84 Å². The van der Waals surface area contributed by atoms with Crippen LogP contribution in [0.2, 0.25) is 10.0 Å². The smallest absolute Gasteiger partial charge is 0.122 e. The van der Waals surface area contributed by atoms with Crippen molar-refractivity contribution in [3.05, 3.63) is 63.6 Å². The van der Waals surface area contributed by atoms with Gasteiger partial charge in [0, 0.05) is 28.1 Å². The van der Waals surface area contributed by atoms with E-state index in [1.807, 2.05) is 24.3 Å². The fourth-order valence-electron chi connectivity index (χ4n) is 2.38. The molecule has 3 nitrogen and oxygen atoms in total. The van der Waals surface area contributed by atoms with E-state index in [1.165, 1.54) is 0 Å². The summed E-state index contributed by atoms with van der Waals surface area (Å²) in [6.07, 6.45) is -0.817. The first-order valence-electron chi connectivity index (χ1n) is 6.54. The van der Waals surface area contributed by atoms with Crippen LogP contribution in [-0.2, 0) is 0 Å². The minimum atomic E-state index is -0.817. The molecule has 0 aromatic heterocycles. The second-order valence-electron chi connectivity index (χ2n) is 4.73. The summed E-state index contributed by atoms with van der Waals surface area (Å²) in [6.45, 7) is 0.270. The molecule has 5 heteroatoms. The van der Waals surface area contributed by atoms with E-state index in [4.69, 9.17) is 33.7 Å². The number of nitrogens with two attached hydrogens (primary N) is 1. The van der Waals surface area contributed by atoms with Crippen molar-refractivity contribution in [3.63, 3.8) is 0 Å². The molecule has 0 amide bonds. The Balaban J connectivity index is 2.40. The highest BCUT2D eigenvalue weighted by molar-refractivity contribution is 6.34. The Kier molecular flexibility index (Phi) is 5.48. The molecule has 3 N–H and O–H groups in total. The maximum absolute atomic E-state index is 10.6. The molecular formula is C16H17Cl2NO2. The topological polar surface area (TPSA) is 55.5 Å². The predicted octanol–water partition coefficient (Wildman–Crippen LogP) is 3.78. The summed E-state index contributed by atoms with van der Waals surface area (Å²) in [5, 5.41) is 11.6. The highest BCUT2D eigenvalue weighted by atomic mass is 35.5. The average molecular weight is 326 g/mol. The summed E-state index contributed by atoms with van der Waals surface area (Å²) in [4.78, 5) is 0. The van der Waals surface area contributed by atoms with E-state index in [9.17, 15) is 5.11 Å².